The third-order valence-corrected chi connectivity index (χ3v) is 2.01. The second-order valence-electron chi connectivity index (χ2n) is 3.12. The zero-order chi connectivity index (χ0) is 9.80. The normalized spacial score (nSPS) is 10.0. The number of hydrogen-bond donors (Lipinski definition) is 3. The van der Waals surface area contributed by atoms with Crippen molar-refractivity contribution in [1.82, 2.24) is 4.98 Å². The lowest BCUT2D eigenvalue weighted by Gasteiger charge is -2.04. The second-order valence-corrected chi connectivity index (χ2v) is 3.12. The van der Waals surface area contributed by atoms with Crippen LogP contribution in [0.5, 0.6) is 5.75 Å². The molecule has 0 saturated heterocycles. The SMILES string of the molecule is Oc1cccc(NCc2cc[nH]c2)c1. The molecule has 2 aromatic rings. The first-order valence-corrected chi connectivity index (χ1v) is 4.49. The van der Waals surface area contributed by atoms with Gasteiger partial charge in [-0.05, 0) is 23.8 Å². The van der Waals surface area contributed by atoms with Gasteiger partial charge in [-0.3, -0.25) is 0 Å². The number of anilines is 1. The molecule has 0 spiro atoms. The van der Waals surface area contributed by atoms with Gasteiger partial charge in [0, 0.05) is 30.7 Å². The van der Waals surface area contributed by atoms with Crippen LogP contribution in [0.15, 0.2) is 42.7 Å². The molecule has 1 aromatic carbocycles. The molecule has 3 N–H and O–H groups in total. The topological polar surface area (TPSA) is 48.0 Å². The van der Waals surface area contributed by atoms with Gasteiger partial charge in [0.1, 0.15) is 5.75 Å². The monoisotopic (exact) mass is 188 g/mol. The quantitative estimate of drug-likeness (QED) is 0.692. The van der Waals surface area contributed by atoms with E-state index in [9.17, 15) is 5.11 Å². The summed E-state index contributed by atoms with van der Waals surface area (Å²) in [7, 11) is 0. The fraction of sp³-hybridized carbons (Fsp3) is 0.0909. The van der Waals surface area contributed by atoms with Gasteiger partial charge >= 0.3 is 0 Å². The van der Waals surface area contributed by atoms with Gasteiger partial charge in [-0.25, -0.2) is 0 Å². The molecule has 0 bridgehead atoms. The van der Waals surface area contributed by atoms with Crippen molar-refractivity contribution >= 4 is 5.69 Å². The molecule has 72 valence electrons. The number of aromatic nitrogens is 1. The van der Waals surface area contributed by atoms with Crippen LogP contribution in [0, 0.1) is 0 Å². The Bertz CT molecular complexity index is 395. The molecular formula is C11H12N2O. The first-order valence-electron chi connectivity index (χ1n) is 4.49. The first-order chi connectivity index (χ1) is 6.84. The van der Waals surface area contributed by atoms with Gasteiger partial charge in [0.25, 0.3) is 0 Å². The average molecular weight is 188 g/mol. The van der Waals surface area contributed by atoms with Crippen molar-refractivity contribution in [3.05, 3.63) is 48.3 Å². The molecule has 0 aliphatic heterocycles. The van der Waals surface area contributed by atoms with Crippen LogP contribution in [-0.4, -0.2) is 10.1 Å². The maximum Gasteiger partial charge on any atom is 0.117 e. The summed E-state index contributed by atoms with van der Waals surface area (Å²) in [6.07, 6.45) is 3.83. The number of hydrogen-bond acceptors (Lipinski definition) is 2. The summed E-state index contributed by atoms with van der Waals surface area (Å²) in [6.45, 7) is 0.757. The number of phenolic OH excluding ortho intramolecular Hbond substituents is 1. The molecule has 0 radical (unpaired) electrons. The predicted molar refractivity (Wildman–Crippen MR) is 56.2 cm³/mol. The Morgan fingerprint density at radius 1 is 1.29 bits per heavy atom. The molecule has 0 amide bonds. The molecule has 0 atom stereocenters. The number of H-pyrrole nitrogens is 1. The molecule has 14 heavy (non-hydrogen) atoms. The van der Waals surface area contributed by atoms with E-state index < -0.39 is 0 Å². The summed E-state index contributed by atoms with van der Waals surface area (Å²) in [6, 6.07) is 9.10. The third kappa shape index (κ3) is 2.07. The Morgan fingerprint density at radius 3 is 2.93 bits per heavy atom. The standard InChI is InChI=1S/C11H12N2O/c14-11-3-1-2-10(6-11)13-8-9-4-5-12-7-9/h1-7,12-14H,8H2. The lowest BCUT2D eigenvalue weighted by molar-refractivity contribution is 0.475. The second kappa shape index (κ2) is 3.87. The summed E-state index contributed by atoms with van der Waals surface area (Å²) >= 11 is 0. The highest BCUT2D eigenvalue weighted by Crippen LogP contribution is 2.15. The average Bonchev–Trinajstić information content (AvgIpc) is 2.67. The Kier molecular flexibility index (Phi) is 2.40. The molecular weight excluding hydrogens is 176 g/mol. The number of benzene rings is 1. The van der Waals surface area contributed by atoms with Gasteiger partial charge in [-0.15, -0.1) is 0 Å². The maximum atomic E-state index is 9.22. The Labute approximate surface area is 82.4 Å². The minimum Gasteiger partial charge on any atom is -0.508 e. The van der Waals surface area contributed by atoms with Gasteiger partial charge in [0.15, 0.2) is 0 Å². The van der Waals surface area contributed by atoms with Crippen LogP contribution >= 0.6 is 0 Å². The molecule has 3 heteroatoms. The fourth-order valence-corrected chi connectivity index (χ4v) is 1.29. The zero-order valence-electron chi connectivity index (χ0n) is 7.70. The Morgan fingerprint density at radius 2 is 2.21 bits per heavy atom. The molecule has 2 rings (SSSR count). The smallest absolute Gasteiger partial charge is 0.117 e. The number of aromatic hydroxyl groups is 1. The lowest BCUT2D eigenvalue weighted by atomic mass is 10.3. The minimum absolute atomic E-state index is 0.282. The molecule has 0 fully saturated rings. The van der Waals surface area contributed by atoms with Crippen molar-refractivity contribution in [1.29, 1.82) is 0 Å². The van der Waals surface area contributed by atoms with E-state index in [1.165, 1.54) is 5.56 Å². The van der Waals surface area contributed by atoms with Gasteiger partial charge < -0.3 is 15.4 Å². The minimum atomic E-state index is 0.282. The van der Waals surface area contributed by atoms with Gasteiger partial charge in [0.2, 0.25) is 0 Å². The molecule has 0 saturated carbocycles. The zero-order valence-corrected chi connectivity index (χ0v) is 7.70. The molecule has 0 aliphatic rings. The van der Waals surface area contributed by atoms with Crippen molar-refractivity contribution in [3.63, 3.8) is 0 Å². The summed E-state index contributed by atoms with van der Waals surface area (Å²) in [5, 5.41) is 12.4. The Hall–Kier alpha value is -1.90. The van der Waals surface area contributed by atoms with E-state index in [0.717, 1.165) is 12.2 Å². The van der Waals surface area contributed by atoms with Crippen molar-refractivity contribution in [2.75, 3.05) is 5.32 Å². The number of phenols is 1. The van der Waals surface area contributed by atoms with Gasteiger partial charge in [0.05, 0.1) is 0 Å². The summed E-state index contributed by atoms with van der Waals surface area (Å²) in [4.78, 5) is 2.99. The summed E-state index contributed by atoms with van der Waals surface area (Å²) in [5.74, 6) is 0.282. The van der Waals surface area contributed by atoms with Crippen LogP contribution in [0.2, 0.25) is 0 Å². The van der Waals surface area contributed by atoms with Crippen molar-refractivity contribution in [3.8, 4) is 5.75 Å². The van der Waals surface area contributed by atoms with E-state index >= 15 is 0 Å². The van der Waals surface area contributed by atoms with E-state index in [0.29, 0.717) is 0 Å². The van der Waals surface area contributed by atoms with Crippen molar-refractivity contribution in [2.45, 2.75) is 6.54 Å². The molecule has 0 aliphatic carbocycles. The van der Waals surface area contributed by atoms with Crippen LogP contribution in [0.4, 0.5) is 5.69 Å². The van der Waals surface area contributed by atoms with Crippen LogP contribution in [0.1, 0.15) is 5.56 Å². The van der Waals surface area contributed by atoms with Crippen LogP contribution in [0.3, 0.4) is 0 Å². The molecule has 3 nitrogen and oxygen atoms in total. The third-order valence-electron chi connectivity index (χ3n) is 2.01. The molecule has 1 aromatic heterocycles. The predicted octanol–water partition coefficient (Wildman–Crippen LogP) is 2.33. The fourth-order valence-electron chi connectivity index (χ4n) is 1.29. The highest BCUT2D eigenvalue weighted by atomic mass is 16.3. The van der Waals surface area contributed by atoms with E-state index in [4.69, 9.17) is 0 Å². The van der Waals surface area contributed by atoms with Crippen LogP contribution < -0.4 is 5.32 Å². The molecule has 1 heterocycles. The van der Waals surface area contributed by atoms with E-state index in [1.54, 1.807) is 12.1 Å². The largest absolute Gasteiger partial charge is 0.508 e. The summed E-state index contributed by atoms with van der Waals surface area (Å²) < 4.78 is 0. The van der Waals surface area contributed by atoms with E-state index in [1.807, 2.05) is 30.6 Å². The van der Waals surface area contributed by atoms with Gasteiger partial charge in [-0.1, -0.05) is 6.07 Å². The maximum absolute atomic E-state index is 9.22. The number of rotatable bonds is 3. The van der Waals surface area contributed by atoms with Gasteiger partial charge in [-0.2, -0.15) is 0 Å². The van der Waals surface area contributed by atoms with Crippen LogP contribution in [0.25, 0.3) is 0 Å². The van der Waals surface area contributed by atoms with E-state index in [-0.39, 0.29) is 5.75 Å². The first kappa shape index (κ1) is 8.69. The van der Waals surface area contributed by atoms with E-state index in [2.05, 4.69) is 10.3 Å². The molecule has 0 unspecified atom stereocenters. The van der Waals surface area contributed by atoms with Crippen LogP contribution in [-0.2, 0) is 6.54 Å². The number of aromatic amines is 1. The summed E-state index contributed by atoms with van der Waals surface area (Å²) in [5.41, 5.74) is 2.11. The van der Waals surface area contributed by atoms with Crippen molar-refractivity contribution in [2.24, 2.45) is 0 Å². The number of nitrogens with one attached hydrogen (secondary N) is 2. The highest BCUT2D eigenvalue weighted by molar-refractivity contribution is 5.47. The lowest BCUT2D eigenvalue weighted by Crippen LogP contribution is -1.97. The Balaban J connectivity index is 1.98. The van der Waals surface area contributed by atoms with Crippen molar-refractivity contribution < 1.29 is 5.11 Å². The highest BCUT2D eigenvalue weighted by Gasteiger charge is 1.94.